The highest BCUT2D eigenvalue weighted by Gasteiger charge is 2.19. The van der Waals surface area contributed by atoms with Crippen LogP contribution in [-0.2, 0) is 4.79 Å². The molecule has 0 fully saturated rings. The van der Waals surface area contributed by atoms with Gasteiger partial charge in [0.2, 0.25) is 5.91 Å². The molecule has 19 heavy (non-hydrogen) atoms. The second-order valence-corrected chi connectivity index (χ2v) is 4.38. The monoisotopic (exact) mass is 260 g/mol. The summed E-state index contributed by atoms with van der Waals surface area (Å²) < 4.78 is 0. The van der Waals surface area contributed by atoms with E-state index in [1.807, 2.05) is 30.3 Å². The fourth-order valence-corrected chi connectivity index (χ4v) is 1.80. The highest BCUT2D eigenvalue weighted by Crippen LogP contribution is 2.18. The van der Waals surface area contributed by atoms with Crippen LogP contribution in [0.5, 0.6) is 0 Å². The van der Waals surface area contributed by atoms with Gasteiger partial charge in [0.1, 0.15) is 12.2 Å². The van der Waals surface area contributed by atoms with Crippen LogP contribution in [0.15, 0.2) is 36.4 Å². The molecule has 1 heterocycles. The van der Waals surface area contributed by atoms with Crippen molar-refractivity contribution in [2.75, 3.05) is 6.54 Å². The van der Waals surface area contributed by atoms with Crippen molar-refractivity contribution >= 4 is 16.8 Å². The average molecular weight is 260 g/mol. The van der Waals surface area contributed by atoms with Gasteiger partial charge in [-0.2, -0.15) is 0 Å². The topological polar surface area (TPSA) is 82.5 Å². The molecule has 2 atom stereocenters. The van der Waals surface area contributed by atoms with Crippen molar-refractivity contribution in [1.82, 2.24) is 10.3 Å². The molecule has 2 unspecified atom stereocenters. The number of hydrogen-bond acceptors (Lipinski definition) is 4. The lowest BCUT2D eigenvalue weighted by Crippen LogP contribution is -2.34. The van der Waals surface area contributed by atoms with Gasteiger partial charge in [0.25, 0.3) is 0 Å². The molecule has 3 N–H and O–H groups in total. The predicted octanol–water partition coefficient (Wildman–Crippen LogP) is 0.765. The van der Waals surface area contributed by atoms with Crippen molar-refractivity contribution in [3.05, 3.63) is 42.1 Å². The van der Waals surface area contributed by atoms with Gasteiger partial charge in [0.05, 0.1) is 11.2 Å². The van der Waals surface area contributed by atoms with E-state index in [9.17, 15) is 15.0 Å². The molecule has 0 saturated carbocycles. The number of para-hydroxylation sites is 1. The molecule has 0 saturated heterocycles. The number of aromatic nitrogens is 1. The second kappa shape index (κ2) is 5.77. The first-order valence-corrected chi connectivity index (χ1v) is 6.04. The first kappa shape index (κ1) is 13.5. The summed E-state index contributed by atoms with van der Waals surface area (Å²) in [7, 11) is 0. The number of aliphatic hydroxyl groups is 2. The Labute approximate surface area is 110 Å². The molecular weight excluding hydrogens is 244 g/mol. The summed E-state index contributed by atoms with van der Waals surface area (Å²) in [5, 5.41) is 23.2. The van der Waals surface area contributed by atoms with Crippen LogP contribution in [0.25, 0.3) is 10.9 Å². The Balaban J connectivity index is 2.16. The van der Waals surface area contributed by atoms with Crippen LogP contribution in [-0.4, -0.2) is 33.8 Å². The fourth-order valence-electron chi connectivity index (χ4n) is 1.80. The molecule has 0 spiro atoms. The number of hydrogen-bond donors (Lipinski definition) is 3. The maximum absolute atomic E-state index is 10.8. The standard InChI is InChI=1S/C14H16N2O3/c1-9(17)15-8-13(18)14(19)12-7-6-10-4-2-3-5-11(10)16-12/h2-7,13-14,18-19H,8H2,1H3,(H,15,17). The molecule has 1 amide bonds. The molecule has 0 bridgehead atoms. The first-order chi connectivity index (χ1) is 9.08. The molecule has 2 aromatic rings. The van der Waals surface area contributed by atoms with Crippen molar-refractivity contribution in [3.8, 4) is 0 Å². The number of carbonyl (C=O) groups excluding carboxylic acids is 1. The van der Waals surface area contributed by atoms with Crippen LogP contribution < -0.4 is 5.32 Å². The Hall–Kier alpha value is -1.98. The van der Waals surface area contributed by atoms with Crippen LogP contribution in [0.1, 0.15) is 18.7 Å². The van der Waals surface area contributed by atoms with Crippen LogP contribution in [0, 0.1) is 0 Å². The molecule has 0 aliphatic carbocycles. The normalized spacial score (nSPS) is 14.1. The molecule has 0 aliphatic rings. The van der Waals surface area contributed by atoms with E-state index >= 15 is 0 Å². The first-order valence-electron chi connectivity index (χ1n) is 6.04. The molecule has 2 rings (SSSR count). The molecule has 5 heteroatoms. The van der Waals surface area contributed by atoms with Crippen LogP contribution in [0.2, 0.25) is 0 Å². The highest BCUT2D eigenvalue weighted by molar-refractivity contribution is 5.78. The van der Waals surface area contributed by atoms with E-state index < -0.39 is 12.2 Å². The van der Waals surface area contributed by atoms with Gasteiger partial charge >= 0.3 is 0 Å². The zero-order valence-corrected chi connectivity index (χ0v) is 10.6. The summed E-state index contributed by atoms with van der Waals surface area (Å²) in [6.07, 6.45) is -2.21. The molecule has 0 radical (unpaired) electrons. The van der Waals surface area contributed by atoms with E-state index in [4.69, 9.17) is 0 Å². The molecule has 100 valence electrons. The molecule has 5 nitrogen and oxygen atoms in total. The van der Waals surface area contributed by atoms with E-state index in [1.165, 1.54) is 6.92 Å². The number of amides is 1. The van der Waals surface area contributed by atoms with Crippen LogP contribution in [0.4, 0.5) is 0 Å². The van der Waals surface area contributed by atoms with Crippen molar-refractivity contribution in [1.29, 1.82) is 0 Å². The summed E-state index contributed by atoms with van der Waals surface area (Å²) in [6, 6.07) is 11.0. The zero-order valence-electron chi connectivity index (χ0n) is 10.6. The maximum atomic E-state index is 10.8. The quantitative estimate of drug-likeness (QED) is 0.758. The van der Waals surface area contributed by atoms with Crippen molar-refractivity contribution in [2.45, 2.75) is 19.1 Å². The number of pyridine rings is 1. The minimum absolute atomic E-state index is 0.00892. The SMILES string of the molecule is CC(=O)NCC(O)C(O)c1ccc2ccccc2n1. The number of nitrogens with one attached hydrogen (secondary N) is 1. The van der Waals surface area contributed by atoms with Gasteiger partial charge in [-0.1, -0.05) is 24.3 Å². The van der Waals surface area contributed by atoms with E-state index in [2.05, 4.69) is 10.3 Å². The van der Waals surface area contributed by atoms with Gasteiger partial charge in [-0.3, -0.25) is 4.79 Å². The second-order valence-electron chi connectivity index (χ2n) is 4.38. The van der Waals surface area contributed by atoms with Crippen molar-refractivity contribution in [3.63, 3.8) is 0 Å². The Morgan fingerprint density at radius 3 is 2.74 bits per heavy atom. The highest BCUT2D eigenvalue weighted by atomic mass is 16.3. The number of fused-ring (bicyclic) bond motifs is 1. The Morgan fingerprint density at radius 1 is 1.26 bits per heavy atom. The summed E-state index contributed by atoms with van der Waals surface area (Å²) in [5.41, 5.74) is 1.14. The van der Waals surface area contributed by atoms with Gasteiger partial charge in [0, 0.05) is 18.9 Å². The van der Waals surface area contributed by atoms with Crippen molar-refractivity contribution < 1.29 is 15.0 Å². The van der Waals surface area contributed by atoms with E-state index in [0.29, 0.717) is 5.69 Å². The fraction of sp³-hybridized carbons (Fsp3) is 0.286. The third-order valence-corrected chi connectivity index (χ3v) is 2.85. The summed E-state index contributed by atoms with van der Waals surface area (Å²) in [5.74, 6) is -0.252. The van der Waals surface area contributed by atoms with Gasteiger partial charge < -0.3 is 15.5 Å². The minimum atomic E-state index is -1.13. The van der Waals surface area contributed by atoms with E-state index in [-0.39, 0.29) is 12.5 Å². The maximum Gasteiger partial charge on any atom is 0.216 e. The van der Waals surface area contributed by atoms with Crippen LogP contribution >= 0.6 is 0 Å². The summed E-state index contributed by atoms with van der Waals surface area (Å²) >= 11 is 0. The Morgan fingerprint density at radius 2 is 2.00 bits per heavy atom. The van der Waals surface area contributed by atoms with Gasteiger partial charge in [-0.25, -0.2) is 4.98 Å². The number of nitrogens with zero attached hydrogens (tertiary/aromatic N) is 1. The zero-order chi connectivity index (χ0) is 13.8. The summed E-state index contributed by atoms with van der Waals surface area (Å²) in [4.78, 5) is 15.1. The Bertz CT molecular complexity index is 586. The third kappa shape index (κ3) is 3.27. The summed E-state index contributed by atoms with van der Waals surface area (Å²) in [6.45, 7) is 1.35. The molecule has 1 aromatic heterocycles. The largest absolute Gasteiger partial charge is 0.388 e. The number of aliphatic hydroxyl groups excluding tert-OH is 2. The third-order valence-electron chi connectivity index (χ3n) is 2.85. The predicted molar refractivity (Wildman–Crippen MR) is 71.4 cm³/mol. The lowest BCUT2D eigenvalue weighted by molar-refractivity contribution is -0.119. The van der Waals surface area contributed by atoms with Gasteiger partial charge in [-0.15, -0.1) is 0 Å². The number of rotatable bonds is 4. The van der Waals surface area contributed by atoms with Crippen molar-refractivity contribution in [2.24, 2.45) is 0 Å². The smallest absolute Gasteiger partial charge is 0.216 e. The number of carbonyl (C=O) groups is 1. The van der Waals surface area contributed by atoms with Gasteiger partial charge in [-0.05, 0) is 12.1 Å². The Kier molecular flexibility index (Phi) is 4.09. The molecule has 1 aromatic carbocycles. The van der Waals surface area contributed by atoms with E-state index in [1.54, 1.807) is 6.07 Å². The van der Waals surface area contributed by atoms with Crippen LogP contribution in [0.3, 0.4) is 0 Å². The lowest BCUT2D eigenvalue weighted by atomic mass is 10.1. The van der Waals surface area contributed by atoms with Gasteiger partial charge in [0.15, 0.2) is 0 Å². The van der Waals surface area contributed by atoms with E-state index in [0.717, 1.165) is 10.9 Å². The molecule has 0 aliphatic heterocycles. The number of benzene rings is 1. The lowest BCUT2D eigenvalue weighted by Gasteiger charge is -2.17. The minimum Gasteiger partial charge on any atom is -0.388 e. The average Bonchev–Trinajstić information content (AvgIpc) is 2.43. The molecular formula is C14H16N2O3.